The van der Waals surface area contributed by atoms with Gasteiger partial charge in [0.25, 0.3) is 0 Å². The molecule has 5 atom stereocenters. The first-order valence-corrected chi connectivity index (χ1v) is 14.7. The number of aliphatic carboxylic acids is 1. The standard InChI is InChI=1S/C31H40N6O8/c1-16(2)26(28(33)42)36-29(43)17(3)34-30(44)22(15-23(32)38)35-31(45)27-21(12-13-37(27)24(39)10-11-25(40)41)20-9-8-18-6-4-5-7-19(18)14-20/h4-9,14,16-17,21-22,26-27H,10-13,15H2,1-3H3,(H2,32,38)(H2,33,42)(H,34,44)(H,35,45)(H,36,43)(H,40,41). The van der Waals surface area contributed by atoms with E-state index >= 15 is 0 Å². The largest absolute Gasteiger partial charge is 0.481 e. The fourth-order valence-corrected chi connectivity index (χ4v) is 5.43. The fourth-order valence-electron chi connectivity index (χ4n) is 5.43. The zero-order valence-electron chi connectivity index (χ0n) is 25.4. The van der Waals surface area contributed by atoms with Crippen LogP contribution in [0, 0.1) is 5.92 Å². The maximum Gasteiger partial charge on any atom is 0.303 e. The van der Waals surface area contributed by atoms with Crippen LogP contribution in [0.1, 0.15) is 57.9 Å². The molecule has 1 saturated heterocycles. The molecule has 3 rings (SSSR count). The molecule has 0 aromatic heterocycles. The number of carboxylic acids is 1. The number of hydrogen-bond donors (Lipinski definition) is 6. The van der Waals surface area contributed by atoms with Gasteiger partial charge in [-0.15, -0.1) is 0 Å². The number of carbonyl (C=O) groups is 7. The van der Waals surface area contributed by atoms with Gasteiger partial charge >= 0.3 is 5.97 Å². The Morgan fingerprint density at radius 3 is 2.16 bits per heavy atom. The highest BCUT2D eigenvalue weighted by Gasteiger charge is 2.43. The molecule has 0 bridgehead atoms. The minimum Gasteiger partial charge on any atom is -0.481 e. The van der Waals surface area contributed by atoms with Crippen LogP contribution in [0.25, 0.3) is 10.8 Å². The van der Waals surface area contributed by atoms with E-state index in [0.717, 1.165) is 16.3 Å². The molecule has 2 aromatic carbocycles. The van der Waals surface area contributed by atoms with Crippen LogP contribution in [-0.4, -0.2) is 82.1 Å². The summed E-state index contributed by atoms with van der Waals surface area (Å²) in [4.78, 5) is 89.0. The molecule has 0 spiro atoms. The van der Waals surface area contributed by atoms with Crippen LogP contribution in [0.15, 0.2) is 42.5 Å². The zero-order valence-corrected chi connectivity index (χ0v) is 25.4. The summed E-state index contributed by atoms with van der Waals surface area (Å²) >= 11 is 0. The number of nitrogens with zero attached hydrogens (tertiary/aromatic N) is 1. The highest BCUT2D eigenvalue weighted by Crippen LogP contribution is 2.36. The number of nitrogens with one attached hydrogen (secondary N) is 3. The van der Waals surface area contributed by atoms with Crippen molar-refractivity contribution < 1.29 is 38.7 Å². The molecule has 14 heteroatoms. The van der Waals surface area contributed by atoms with Gasteiger partial charge in [0.05, 0.1) is 12.8 Å². The van der Waals surface area contributed by atoms with Gasteiger partial charge in [-0.2, -0.15) is 0 Å². The third kappa shape index (κ3) is 9.00. The predicted molar refractivity (Wildman–Crippen MR) is 163 cm³/mol. The van der Waals surface area contributed by atoms with Crippen LogP contribution >= 0.6 is 0 Å². The molecule has 5 unspecified atom stereocenters. The van der Waals surface area contributed by atoms with E-state index in [2.05, 4.69) is 16.0 Å². The lowest BCUT2D eigenvalue weighted by Gasteiger charge is -2.30. The second-order valence-corrected chi connectivity index (χ2v) is 11.5. The van der Waals surface area contributed by atoms with Crippen molar-refractivity contribution in [3.05, 3.63) is 48.0 Å². The van der Waals surface area contributed by atoms with Crippen molar-refractivity contribution in [2.45, 2.75) is 76.5 Å². The van der Waals surface area contributed by atoms with E-state index in [1.807, 2.05) is 42.5 Å². The number of rotatable bonds is 14. The van der Waals surface area contributed by atoms with Crippen LogP contribution in [0.5, 0.6) is 0 Å². The Labute approximate surface area is 260 Å². The van der Waals surface area contributed by atoms with Gasteiger partial charge in [-0.3, -0.25) is 33.6 Å². The molecule has 1 fully saturated rings. The van der Waals surface area contributed by atoms with Gasteiger partial charge in [0.2, 0.25) is 35.4 Å². The highest BCUT2D eigenvalue weighted by atomic mass is 16.4. The average molecular weight is 625 g/mol. The topological polar surface area (TPSA) is 231 Å². The number of benzene rings is 2. The van der Waals surface area contributed by atoms with E-state index in [1.165, 1.54) is 11.8 Å². The van der Waals surface area contributed by atoms with Crippen molar-refractivity contribution in [3.8, 4) is 0 Å². The average Bonchev–Trinajstić information content (AvgIpc) is 3.42. The molecule has 1 aliphatic rings. The third-order valence-corrected chi connectivity index (χ3v) is 7.80. The first-order chi connectivity index (χ1) is 21.2. The summed E-state index contributed by atoms with van der Waals surface area (Å²) in [5.41, 5.74) is 11.5. The van der Waals surface area contributed by atoms with Gasteiger partial charge in [0.15, 0.2) is 0 Å². The summed E-state index contributed by atoms with van der Waals surface area (Å²) in [5.74, 6) is -6.56. The Balaban J connectivity index is 1.86. The monoisotopic (exact) mass is 624 g/mol. The van der Waals surface area contributed by atoms with Gasteiger partial charge in [-0.25, -0.2) is 0 Å². The summed E-state index contributed by atoms with van der Waals surface area (Å²) in [7, 11) is 0. The molecule has 0 aliphatic carbocycles. The SMILES string of the molecule is CC(NC(=O)C(CC(N)=O)NC(=O)C1C(c2ccc3ccccc3c2)CCN1C(=O)CCC(=O)O)C(=O)NC(C(N)=O)C(C)C. The summed E-state index contributed by atoms with van der Waals surface area (Å²) < 4.78 is 0. The number of hydrogen-bond acceptors (Lipinski definition) is 7. The van der Waals surface area contributed by atoms with Crippen molar-refractivity contribution in [1.29, 1.82) is 0 Å². The number of primary amides is 2. The molecule has 1 aliphatic heterocycles. The van der Waals surface area contributed by atoms with Crippen LogP contribution in [0.2, 0.25) is 0 Å². The molecular formula is C31H40N6O8. The molecule has 242 valence electrons. The Morgan fingerprint density at radius 1 is 0.889 bits per heavy atom. The van der Waals surface area contributed by atoms with Crippen molar-refractivity contribution >= 4 is 52.2 Å². The first-order valence-electron chi connectivity index (χ1n) is 14.7. The van der Waals surface area contributed by atoms with E-state index in [1.54, 1.807) is 13.8 Å². The van der Waals surface area contributed by atoms with Crippen LogP contribution in [0.4, 0.5) is 0 Å². The number of likely N-dealkylation sites (tertiary alicyclic amines) is 1. The van der Waals surface area contributed by atoms with Crippen LogP contribution in [0.3, 0.4) is 0 Å². The fraction of sp³-hybridized carbons (Fsp3) is 0.452. The van der Waals surface area contributed by atoms with Gasteiger partial charge < -0.3 is 37.4 Å². The Hall–Kier alpha value is -5.01. The van der Waals surface area contributed by atoms with Gasteiger partial charge in [0, 0.05) is 18.9 Å². The molecule has 8 N–H and O–H groups in total. The van der Waals surface area contributed by atoms with E-state index in [9.17, 15) is 33.6 Å². The quantitative estimate of drug-likeness (QED) is 0.165. The first kappa shape index (κ1) is 34.5. The Kier molecular flexibility index (Phi) is 11.6. The van der Waals surface area contributed by atoms with Gasteiger partial charge in [0.1, 0.15) is 24.2 Å². The van der Waals surface area contributed by atoms with Crippen molar-refractivity contribution in [2.24, 2.45) is 17.4 Å². The number of amides is 6. The third-order valence-electron chi connectivity index (χ3n) is 7.80. The van der Waals surface area contributed by atoms with E-state index < -0.39 is 84.3 Å². The molecule has 0 saturated carbocycles. The second kappa shape index (κ2) is 15.1. The van der Waals surface area contributed by atoms with Gasteiger partial charge in [-0.05, 0) is 35.6 Å². The van der Waals surface area contributed by atoms with E-state index in [4.69, 9.17) is 16.6 Å². The molecule has 14 nitrogen and oxygen atoms in total. The smallest absolute Gasteiger partial charge is 0.303 e. The lowest BCUT2D eigenvalue weighted by Crippen LogP contribution is -2.58. The summed E-state index contributed by atoms with van der Waals surface area (Å²) in [6.07, 6.45) is -0.980. The van der Waals surface area contributed by atoms with Crippen molar-refractivity contribution in [2.75, 3.05) is 6.54 Å². The second-order valence-electron chi connectivity index (χ2n) is 11.5. The van der Waals surface area contributed by atoms with Crippen molar-refractivity contribution in [1.82, 2.24) is 20.9 Å². The minimum atomic E-state index is -1.50. The maximum atomic E-state index is 13.9. The number of fused-ring (bicyclic) bond motifs is 1. The predicted octanol–water partition coefficient (Wildman–Crippen LogP) is -0.120. The molecular weight excluding hydrogens is 584 g/mol. The van der Waals surface area contributed by atoms with Crippen LogP contribution < -0.4 is 27.4 Å². The summed E-state index contributed by atoms with van der Waals surface area (Å²) in [6, 6.07) is 8.47. The summed E-state index contributed by atoms with van der Waals surface area (Å²) in [6.45, 7) is 4.88. The lowest BCUT2D eigenvalue weighted by molar-refractivity contribution is -0.143. The summed E-state index contributed by atoms with van der Waals surface area (Å²) in [5, 5.41) is 18.4. The van der Waals surface area contributed by atoms with E-state index in [0.29, 0.717) is 6.42 Å². The molecule has 0 radical (unpaired) electrons. The lowest BCUT2D eigenvalue weighted by atomic mass is 9.89. The molecule has 1 heterocycles. The highest BCUT2D eigenvalue weighted by molar-refractivity contribution is 5.98. The zero-order chi connectivity index (χ0) is 33.4. The molecule has 45 heavy (non-hydrogen) atoms. The maximum absolute atomic E-state index is 13.9. The molecule has 2 aromatic rings. The van der Waals surface area contributed by atoms with Crippen molar-refractivity contribution in [3.63, 3.8) is 0 Å². The number of carbonyl (C=O) groups excluding carboxylic acids is 6. The van der Waals surface area contributed by atoms with E-state index in [-0.39, 0.29) is 18.9 Å². The Morgan fingerprint density at radius 2 is 1.56 bits per heavy atom. The Bertz CT molecular complexity index is 1480. The number of nitrogens with two attached hydrogens (primary N) is 2. The van der Waals surface area contributed by atoms with Gasteiger partial charge in [-0.1, -0.05) is 56.3 Å². The van der Waals surface area contributed by atoms with Crippen LogP contribution in [-0.2, 0) is 33.6 Å². The minimum absolute atomic E-state index is 0.162. The molecule has 6 amide bonds. The normalized spacial score (nSPS) is 18.1. The number of carboxylic acid groups (broad SMARTS) is 1.